The number of carbonyl (C=O) groups is 2. The second kappa shape index (κ2) is 8.46. The summed E-state index contributed by atoms with van der Waals surface area (Å²) in [6, 6.07) is 12.4. The number of aromatic amines is 1. The maximum Gasteiger partial charge on any atom is 0.420 e. The second-order valence-corrected chi connectivity index (χ2v) is 8.74. The van der Waals surface area contributed by atoms with Gasteiger partial charge in [0.25, 0.3) is 5.91 Å². The van der Waals surface area contributed by atoms with Gasteiger partial charge in [0, 0.05) is 29.9 Å². The number of nitrogens with one attached hydrogen (secondary N) is 2. The van der Waals surface area contributed by atoms with Gasteiger partial charge in [0.05, 0.1) is 5.52 Å². The zero-order valence-electron chi connectivity index (χ0n) is 18.9. The van der Waals surface area contributed by atoms with Crippen LogP contribution in [0.1, 0.15) is 35.3 Å². The molecule has 10 heteroatoms. The minimum atomic E-state index is -0.604. The van der Waals surface area contributed by atoms with Crippen LogP contribution >= 0.6 is 0 Å². The normalized spacial score (nSPS) is 14.8. The molecule has 0 unspecified atom stereocenters. The lowest BCUT2D eigenvalue weighted by Gasteiger charge is -2.26. The smallest absolute Gasteiger partial charge is 0.420 e. The zero-order valence-corrected chi connectivity index (χ0v) is 18.9. The average Bonchev–Trinajstić information content (AvgIpc) is 3.46. The molecule has 4 aromatic rings. The van der Waals surface area contributed by atoms with Gasteiger partial charge < -0.3 is 19.4 Å². The molecule has 35 heavy (non-hydrogen) atoms. The van der Waals surface area contributed by atoms with Gasteiger partial charge >= 0.3 is 5.76 Å². The van der Waals surface area contributed by atoms with E-state index in [0.717, 1.165) is 30.6 Å². The Hall–Kier alpha value is -4.34. The lowest BCUT2D eigenvalue weighted by atomic mass is 10.0. The summed E-state index contributed by atoms with van der Waals surface area (Å²) in [6.45, 7) is 1.53. The van der Waals surface area contributed by atoms with Crippen LogP contribution in [-0.2, 0) is 17.9 Å². The topological polar surface area (TPSA) is 122 Å². The van der Waals surface area contributed by atoms with Gasteiger partial charge in [0.15, 0.2) is 5.58 Å². The number of H-pyrrole nitrogens is 1. The molecule has 6 rings (SSSR count). The highest BCUT2D eigenvalue weighted by Gasteiger charge is 2.26. The average molecular weight is 473 g/mol. The van der Waals surface area contributed by atoms with E-state index in [4.69, 9.17) is 9.15 Å². The number of fused-ring (bicyclic) bond motifs is 4. The molecule has 0 spiro atoms. The fourth-order valence-electron chi connectivity index (χ4n) is 4.72. The summed E-state index contributed by atoms with van der Waals surface area (Å²) in [5.74, 6) is -0.385. The maximum atomic E-state index is 13.1. The minimum Gasteiger partial charge on any atom is -0.488 e. The van der Waals surface area contributed by atoms with Crippen LogP contribution in [-0.4, -0.2) is 44.6 Å². The van der Waals surface area contributed by atoms with Crippen molar-refractivity contribution in [2.75, 3.05) is 18.4 Å². The van der Waals surface area contributed by atoms with Gasteiger partial charge in [0.1, 0.15) is 30.3 Å². The molecule has 4 heterocycles. The molecule has 0 aliphatic carbocycles. The number of piperidine rings is 1. The number of nitrogens with zero attached hydrogens (tertiary/aromatic N) is 3. The number of hydrogen-bond acceptors (Lipinski definition) is 6. The second-order valence-electron chi connectivity index (χ2n) is 8.74. The van der Waals surface area contributed by atoms with Crippen molar-refractivity contribution < 1.29 is 18.7 Å². The SMILES string of the molecule is O=C(Nc1ccc2oc(=O)n(CC(=O)N3CCCCC3)c2c1)c1[nH]nc2c1COc1ccccc1-2. The highest BCUT2D eigenvalue weighted by molar-refractivity contribution is 6.05. The molecular weight excluding hydrogens is 450 g/mol. The molecule has 10 nitrogen and oxygen atoms in total. The third-order valence-electron chi connectivity index (χ3n) is 6.54. The fourth-order valence-corrected chi connectivity index (χ4v) is 4.72. The molecule has 1 fully saturated rings. The van der Waals surface area contributed by atoms with E-state index in [1.54, 1.807) is 23.1 Å². The quantitative estimate of drug-likeness (QED) is 0.470. The molecule has 2 aromatic heterocycles. The Morgan fingerprint density at radius 1 is 1.09 bits per heavy atom. The Bertz CT molecular complexity index is 1510. The predicted octanol–water partition coefficient (Wildman–Crippen LogP) is 3.14. The molecule has 2 aliphatic heterocycles. The largest absolute Gasteiger partial charge is 0.488 e. The third-order valence-corrected chi connectivity index (χ3v) is 6.54. The monoisotopic (exact) mass is 473 g/mol. The Morgan fingerprint density at radius 2 is 1.91 bits per heavy atom. The summed E-state index contributed by atoms with van der Waals surface area (Å²) in [5.41, 5.74) is 3.75. The Morgan fingerprint density at radius 3 is 2.77 bits per heavy atom. The van der Waals surface area contributed by atoms with Crippen LogP contribution in [0.25, 0.3) is 22.4 Å². The van der Waals surface area contributed by atoms with Crippen LogP contribution in [0.15, 0.2) is 51.7 Å². The van der Waals surface area contributed by atoms with E-state index in [9.17, 15) is 14.4 Å². The Kier molecular flexibility index (Phi) is 5.13. The number of anilines is 1. The van der Waals surface area contributed by atoms with Gasteiger partial charge in [-0.15, -0.1) is 0 Å². The van der Waals surface area contributed by atoms with Crippen molar-refractivity contribution in [3.8, 4) is 17.0 Å². The van der Waals surface area contributed by atoms with E-state index < -0.39 is 5.76 Å². The lowest BCUT2D eigenvalue weighted by molar-refractivity contribution is -0.132. The Labute approximate surface area is 199 Å². The predicted molar refractivity (Wildman–Crippen MR) is 127 cm³/mol. The number of benzene rings is 2. The zero-order chi connectivity index (χ0) is 23.9. The summed E-state index contributed by atoms with van der Waals surface area (Å²) < 4.78 is 12.4. The number of amides is 2. The van der Waals surface area contributed by atoms with E-state index in [1.807, 2.05) is 24.3 Å². The highest BCUT2D eigenvalue weighted by Crippen LogP contribution is 2.37. The number of oxazole rings is 1. The standard InChI is InChI=1S/C25H23N5O5/c31-21(29-10-4-1-5-11-29)13-30-18-12-15(8-9-20(18)35-25(30)33)26-24(32)23-17-14-34-19-7-3-2-6-16(19)22(17)27-28-23/h2-3,6-9,12H,1,4-5,10-11,13-14H2,(H,26,32)(H,27,28). The number of ether oxygens (including phenoxy) is 1. The van der Waals surface area contributed by atoms with Gasteiger partial charge in [-0.05, 0) is 49.6 Å². The molecule has 2 N–H and O–H groups in total. The van der Waals surface area contributed by atoms with E-state index in [1.165, 1.54) is 4.57 Å². The summed E-state index contributed by atoms with van der Waals surface area (Å²) in [4.78, 5) is 40.0. The van der Waals surface area contributed by atoms with Gasteiger partial charge in [0.2, 0.25) is 5.91 Å². The van der Waals surface area contributed by atoms with Crippen molar-refractivity contribution in [1.29, 1.82) is 0 Å². The number of para-hydroxylation sites is 1. The molecule has 1 saturated heterocycles. The van der Waals surface area contributed by atoms with Crippen LogP contribution in [0, 0.1) is 0 Å². The van der Waals surface area contributed by atoms with E-state index in [0.29, 0.717) is 46.8 Å². The van der Waals surface area contributed by atoms with Gasteiger partial charge in [-0.25, -0.2) is 4.79 Å². The molecule has 0 saturated carbocycles. The van der Waals surface area contributed by atoms with E-state index >= 15 is 0 Å². The Balaban J connectivity index is 1.26. The van der Waals surface area contributed by atoms with Crippen molar-refractivity contribution in [1.82, 2.24) is 19.7 Å². The van der Waals surface area contributed by atoms with Crippen LogP contribution in [0.3, 0.4) is 0 Å². The summed E-state index contributed by atoms with van der Waals surface area (Å²) >= 11 is 0. The van der Waals surface area contributed by atoms with Crippen molar-refractivity contribution in [3.05, 3.63) is 64.3 Å². The minimum absolute atomic E-state index is 0.103. The molecule has 178 valence electrons. The van der Waals surface area contributed by atoms with Crippen LogP contribution in [0.5, 0.6) is 5.75 Å². The van der Waals surface area contributed by atoms with Gasteiger partial charge in [-0.1, -0.05) is 12.1 Å². The first-order valence-electron chi connectivity index (χ1n) is 11.6. The first kappa shape index (κ1) is 21.2. The van der Waals surface area contributed by atoms with E-state index in [-0.39, 0.29) is 25.0 Å². The van der Waals surface area contributed by atoms with Crippen LogP contribution in [0.4, 0.5) is 5.69 Å². The highest BCUT2D eigenvalue weighted by atomic mass is 16.5. The summed E-state index contributed by atoms with van der Waals surface area (Å²) in [5, 5.41) is 10.0. The molecule has 2 aromatic carbocycles. The molecule has 0 atom stereocenters. The number of likely N-dealkylation sites (tertiary alicyclic amines) is 1. The number of aromatic nitrogens is 3. The molecule has 0 bridgehead atoms. The van der Waals surface area contributed by atoms with Crippen molar-refractivity contribution in [2.24, 2.45) is 0 Å². The number of carbonyl (C=O) groups excluding carboxylic acids is 2. The molecular formula is C25H23N5O5. The molecule has 2 aliphatic rings. The summed E-state index contributed by atoms with van der Waals surface area (Å²) in [6.07, 6.45) is 3.05. The van der Waals surface area contributed by atoms with Crippen molar-refractivity contribution >= 4 is 28.6 Å². The maximum absolute atomic E-state index is 13.1. The van der Waals surface area contributed by atoms with Crippen molar-refractivity contribution in [2.45, 2.75) is 32.4 Å². The van der Waals surface area contributed by atoms with Crippen molar-refractivity contribution in [3.63, 3.8) is 0 Å². The van der Waals surface area contributed by atoms with Gasteiger partial charge in [-0.3, -0.25) is 19.3 Å². The first-order chi connectivity index (χ1) is 17.1. The number of rotatable bonds is 4. The van der Waals surface area contributed by atoms with E-state index in [2.05, 4.69) is 15.5 Å². The van der Waals surface area contributed by atoms with Crippen LogP contribution < -0.4 is 15.8 Å². The summed E-state index contributed by atoms with van der Waals surface area (Å²) in [7, 11) is 0. The van der Waals surface area contributed by atoms with Crippen LogP contribution in [0.2, 0.25) is 0 Å². The number of hydrogen-bond donors (Lipinski definition) is 2. The molecule has 0 radical (unpaired) electrons. The fraction of sp³-hybridized carbons (Fsp3) is 0.280. The molecule has 2 amide bonds. The lowest BCUT2D eigenvalue weighted by Crippen LogP contribution is -2.39. The first-order valence-corrected chi connectivity index (χ1v) is 11.6. The van der Waals surface area contributed by atoms with Gasteiger partial charge in [-0.2, -0.15) is 5.10 Å². The third kappa shape index (κ3) is 3.76.